The normalized spacial score (nSPS) is 11.3. The summed E-state index contributed by atoms with van der Waals surface area (Å²) in [4.78, 5) is 42.6. The molecule has 2 N–H and O–H groups in total. The number of hydrogen-bond acceptors (Lipinski definition) is 6. The smallest absolute Gasteiger partial charge is 0.326 e. The molecule has 10 heteroatoms. The van der Waals surface area contributed by atoms with Crippen LogP contribution in [0.1, 0.15) is 16.7 Å². The first-order chi connectivity index (χ1) is 16.2. The first-order valence-electron chi connectivity index (χ1n) is 10.6. The Balaban J connectivity index is 1.70. The van der Waals surface area contributed by atoms with Gasteiger partial charge in [0.15, 0.2) is 11.2 Å². The third kappa shape index (κ3) is 4.51. The lowest BCUT2D eigenvalue weighted by Crippen LogP contribution is -2.38. The van der Waals surface area contributed by atoms with Crippen LogP contribution in [0.2, 0.25) is 0 Å². The summed E-state index contributed by atoms with van der Waals surface area (Å²) in [5.41, 5.74) is 5.48. The molecule has 34 heavy (non-hydrogen) atoms. The van der Waals surface area contributed by atoms with Gasteiger partial charge in [-0.25, -0.2) is 10.2 Å². The van der Waals surface area contributed by atoms with Crippen LogP contribution < -0.4 is 22.0 Å². The highest BCUT2D eigenvalue weighted by molar-refractivity contribution is 5.84. The monoisotopic (exact) mass is 459 g/mol. The zero-order chi connectivity index (χ0) is 24.4. The number of fused-ring (bicyclic) bond motifs is 1. The maximum Gasteiger partial charge on any atom is 0.332 e. The second-order valence-corrected chi connectivity index (χ2v) is 8.10. The lowest BCUT2D eigenvalue weighted by atomic mass is 10.2. The van der Waals surface area contributed by atoms with Crippen molar-refractivity contribution < 1.29 is 4.79 Å². The number of imidazole rings is 1. The summed E-state index contributed by atoms with van der Waals surface area (Å²) in [5, 5.41) is 7.17. The Bertz CT molecular complexity index is 1530. The lowest BCUT2D eigenvalue weighted by Gasteiger charge is -2.10. The molecule has 1 amide bonds. The van der Waals surface area contributed by atoms with Crippen LogP contribution in [-0.4, -0.2) is 30.8 Å². The topological polar surface area (TPSA) is 115 Å². The van der Waals surface area contributed by atoms with Gasteiger partial charge in [-0.3, -0.25) is 23.3 Å². The van der Waals surface area contributed by atoms with Crippen molar-refractivity contribution in [1.82, 2.24) is 24.1 Å². The van der Waals surface area contributed by atoms with Gasteiger partial charge in [0.1, 0.15) is 6.54 Å². The van der Waals surface area contributed by atoms with Crippen LogP contribution in [0.3, 0.4) is 0 Å². The second kappa shape index (κ2) is 9.18. The van der Waals surface area contributed by atoms with Crippen molar-refractivity contribution in [1.29, 1.82) is 0 Å². The molecule has 0 aliphatic carbocycles. The highest BCUT2D eigenvalue weighted by Gasteiger charge is 2.21. The third-order valence-corrected chi connectivity index (χ3v) is 5.40. The van der Waals surface area contributed by atoms with Gasteiger partial charge in [-0.1, -0.05) is 42.0 Å². The molecule has 10 nitrogen and oxygen atoms in total. The van der Waals surface area contributed by atoms with E-state index in [-0.39, 0.29) is 23.7 Å². The zero-order valence-electron chi connectivity index (χ0n) is 19.4. The first kappa shape index (κ1) is 22.7. The molecule has 0 aliphatic rings. The van der Waals surface area contributed by atoms with Gasteiger partial charge in [-0.2, -0.15) is 10.1 Å². The number of carbonyl (C=O) groups is 1. The Morgan fingerprint density at radius 3 is 2.47 bits per heavy atom. The number of hydrazone groups is 1. The maximum absolute atomic E-state index is 12.9. The predicted octanol–water partition coefficient (Wildman–Crippen LogP) is 1.94. The molecule has 2 aromatic heterocycles. The zero-order valence-corrected chi connectivity index (χ0v) is 19.4. The van der Waals surface area contributed by atoms with Gasteiger partial charge < -0.3 is 5.32 Å². The van der Waals surface area contributed by atoms with Crippen LogP contribution in [0.4, 0.5) is 11.6 Å². The molecule has 0 fully saturated rings. The number of nitrogens with zero attached hydrogens (tertiary/aromatic N) is 5. The second-order valence-electron chi connectivity index (χ2n) is 8.10. The quantitative estimate of drug-likeness (QED) is 0.338. The Labute approximate surface area is 195 Å². The van der Waals surface area contributed by atoms with Gasteiger partial charge in [0.25, 0.3) is 11.5 Å². The molecule has 0 saturated heterocycles. The van der Waals surface area contributed by atoms with Crippen LogP contribution in [0.25, 0.3) is 11.2 Å². The molecule has 0 bridgehead atoms. The van der Waals surface area contributed by atoms with Crippen molar-refractivity contribution in [3.63, 3.8) is 0 Å². The van der Waals surface area contributed by atoms with Gasteiger partial charge in [0.05, 0.1) is 6.21 Å². The van der Waals surface area contributed by atoms with Gasteiger partial charge >= 0.3 is 5.69 Å². The molecule has 0 unspecified atom stereocenters. The highest BCUT2D eigenvalue weighted by atomic mass is 16.2. The highest BCUT2D eigenvalue weighted by Crippen LogP contribution is 2.21. The molecule has 174 valence electrons. The van der Waals surface area contributed by atoms with Gasteiger partial charge in [0, 0.05) is 19.8 Å². The van der Waals surface area contributed by atoms with Crippen molar-refractivity contribution in [3.05, 3.63) is 86.1 Å². The van der Waals surface area contributed by atoms with Gasteiger partial charge in [-0.05, 0) is 37.1 Å². The molecule has 0 saturated carbocycles. The Hall–Kier alpha value is -4.47. The summed E-state index contributed by atoms with van der Waals surface area (Å²) in [6, 6.07) is 15.3. The minimum Gasteiger partial charge on any atom is -0.326 e. The number of benzene rings is 2. The summed E-state index contributed by atoms with van der Waals surface area (Å²) in [6.45, 7) is 3.71. The van der Waals surface area contributed by atoms with E-state index < -0.39 is 17.2 Å². The predicted molar refractivity (Wildman–Crippen MR) is 132 cm³/mol. The maximum atomic E-state index is 12.9. The SMILES string of the molecule is Cc1ccc(/C=N/NC(=O)Cn2c(Nc3cccc(C)c3)nc3c2c(=O)n(C)c(=O)n3C)cc1. The fraction of sp³-hybridized carbons (Fsp3) is 0.208. The molecule has 4 aromatic rings. The largest absolute Gasteiger partial charge is 0.332 e. The van der Waals surface area contributed by atoms with E-state index in [1.165, 1.54) is 29.4 Å². The summed E-state index contributed by atoms with van der Waals surface area (Å²) in [6.07, 6.45) is 1.54. The average molecular weight is 460 g/mol. The number of carbonyl (C=O) groups excluding carboxylic acids is 1. The number of aryl methyl sites for hydroxylation is 3. The number of amides is 1. The van der Waals surface area contributed by atoms with E-state index in [1.54, 1.807) is 0 Å². The summed E-state index contributed by atoms with van der Waals surface area (Å²) in [5.74, 6) is -0.192. The van der Waals surface area contributed by atoms with E-state index in [4.69, 9.17) is 0 Å². The van der Waals surface area contributed by atoms with Crippen molar-refractivity contribution in [2.24, 2.45) is 19.2 Å². The molecule has 0 spiro atoms. The molecule has 0 radical (unpaired) electrons. The average Bonchev–Trinajstić information content (AvgIpc) is 3.15. The van der Waals surface area contributed by atoms with Crippen LogP contribution >= 0.6 is 0 Å². The number of anilines is 2. The lowest BCUT2D eigenvalue weighted by molar-refractivity contribution is -0.121. The molecular formula is C24H25N7O3. The van der Waals surface area contributed by atoms with E-state index in [0.717, 1.165) is 26.9 Å². The van der Waals surface area contributed by atoms with E-state index >= 15 is 0 Å². The first-order valence-corrected chi connectivity index (χ1v) is 10.6. The number of hydrogen-bond donors (Lipinski definition) is 2. The van der Waals surface area contributed by atoms with Crippen LogP contribution in [-0.2, 0) is 25.4 Å². The molecule has 2 aromatic carbocycles. The number of rotatable bonds is 6. The van der Waals surface area contributed by atoms with Crippen LogP contribution in [0.5, 0.6) is 0 Å². The van der Waals surface area contributed by atoms with E-state index in [0.29, 0.717) is 0 Å². The molecular weight excluding hydrogens is 434 g/mol. The standard InChI is InChI=1S/C24H25N7O3/c1-15-8-10-17(11-9-15)13-25-28-19(32)14-31-20-21(29(3)24(34)30(4)22(20)33)27-23(31)26-18-7-5-6-16(2)12-18/h5-13H,14H2,1-4H3,(H,26,27)(H,28,32)/b25-13+. The summed E-state index contributed by atoms with van der Waals surface area (Å²) >= 11 is 0. The Morgan fingerprint density at radius 1 is 1.03 bits per heavy atom. The molecule has 4 rings (SSSR count). The fourth-order valence-electron chi connectivity index (χ4n) is 3.56. The minimum atomic E-state index is -0.543. The number of aromatic nitrogens is 4. The van der Waals surface area contributed by atoms with Crippen molar-refractivity contribution in [2.45, 2.75) is 20.4 Å². The minimum absolute atomic E-state index is 0.136. The van der Waals surface area contributed by atoms with Crippen molar-refractivity contribution in [2.75, 3.05) is 5.32 Å². The molecule has 0 aliphatic heterocycles. The fourth-order valence-corrected chi connectivity index (χ4v) is 3.56. The van der Waals surface area contributed by atoms with E-state index in [1.807, 2.05) is 62.4 Å². The van der Waals surface area contributed by atoms with Crippen molar-refractivity contribution in [3.8, 4) is 0 Å². The van der Waals surface area contributed by atoms with Crippen LogP contribution in [0, 0.1) is 13.8 Å². The summed E-state index contributed by atoms with van der Waals surface area (Å²) in [7, 11) is 2.92. The Kier molecular flexibility index (Phi) is 6.13. The van der Waals surface area contributed by atoms with Gasteiger partial charge in [0.2, 0.25) is 5.95 Å². The third-order valence-electron chi connectivity index (χ3n) is 5.40. The van der Waals surface area contributed by atoms with Gasteiger partial charge in [-0.15, -0.1) is 0 Å². The summed E-state index contributed by atoms with van der Waals surface area (Å²) < 4.78 is 3.72. The van der Waals surface area contributed by atoms with Crippen molar-refractivity contribution >= 4 is 34.9 Å². The molecule has 2 heterocycles. The Morgan fingerprint density at radius 2 is 1.76 bits per heavy atom. The van der Waals surface area contributed by atoms with Crippen LogP contribution in [0.15, 0.2) is 63.2 Å². The van der Waals surface area contributed by atoms with E-state index in [2.05, 4.69) is 20.8 Å². The molecule has 0 atom stereocenters. The van der Waals surface area contributed by atoms with E-state index in [9.17, 15) is 14.4 Å². The number of nitrogens with one attached hydrogen (secondary N) is 2.